The maximum Gasteiger partial charge on any atom is 0.164 e. The normalized spacial score (nSPS) is 11.8. The van der Waals surface area contributed by atoms with E-state index in [0.29, 0.717) is 17.5 Å². The van der Waals surface area contributed by atoms with Gasteiger partial charge >= 0.3 is 0 Å². The molecule has 4 nitrogen and oxygen atoms in total. The summed E-state index contributed by atoms with van der Waals surface area (Å²) < 4.78 is 2.38. The molecule has 246 valence electrons. The van der Waals surface area contributed by atoms with Crippen LogP contribution in [0.5, 0.6) is 0 Å². The molecule has 2 heterocycles. The Morgan fingerprint density at radius 3 is 1.64 bits per heavy atom. The van der Waals surface area contributed by atoms with Gasteiger partial charge in [-0.15, -0.1) is 0 Å². The summed E-state index contributed by atoms with van der Waals surface area (Å²) in [5, 5.41) is 11.9. The van der Waals surface area contributed by atoms with Crippen molar-refractivity contribution in [2.75, 3.05) is 0 Å². The van der Waals surface area contributed by atoms with Crippen molar-refractivity contribution in [1.29, 1.82) is 0 Å². The van der Waals surface area contributed by atoms with Gasteiger partial charge in [0.1, 0.15) is 0 Å². The number of para-hydroxylation sites is 2. The molecule has 0 unspecified atom stereocenters. The predicted molar refractivity (Wildman–Crippen MR) is 220 cm³/mol. The SMILES string of the molecule is c1ccc(-c2nc(-c3ccc4c(-n5c6ccccc6c6ccccc65)cccc4c3)nc(-c3cc4c5ccccc5ccc4c4ccccc34)n2)cc1. The minimum atomic E-state index is 0.639. The van der Waals surface area contributed by atoms with Crippen molar-refractivity contribution < 1.29 is 0 Å². The van der Waals surface area contributed by atoms with Gasteiger partial charge in [0.2, 0.25) is 0 Å². The average molecular weight is 675 g/mol. The van der Waals surface area contributed by atoms with Crippen molar-refractivity contribution >= 4 is 64.9 Å². The van der Waals surface area contributed by atoms with Gasteiger partial charge in [0.25, 0.3) is 0 Å². The van der Waals surface area contributed by atoms with Crippen LogP contribution >= 0.6 is 0 Å². The standard InChI is InChI=1S/C49H30N4/c1-2-14-32(15-3-1)47-50-48(52-49(51-47)43-30-42-35-17-5-4-13-31(35)25-28-39(42)37-18-6-7-19-38(37)43)34-26-27-36-33(29-34)16-12-24-44(36)53-45-22-10-8-20-40(45)41-21-9-11-23-46(41)53/h1-30H. The molecule has 0 N–H and O–H groups in total. The van der Waals surface area contributed by atoms with E-state index in [1.54, 1.807) is 0 Å². The Labute approximate surface area is 305 Å². The fraction of sp³-hybridized carbons (Fsp3) is 0. The second-order valence-electron chi connectivity index (χ2n) is 13.6. The molecule has 0 radical (unpaired) electrons. The van der Waals surface area contributed by atoms with E-state index in [1.807, 2.05) is 18.2 Å². The molecule has 0 spiro atoms. The van der Waals surface area contributed by atoms with Crippen LogP contribution in [0.25, 0.3) is 105 Å². The van der Waals surface area contributed by atoms with E-state index in [1.165, 1.54) is 48.7 Å². The van der Waals surface area contributed by atoms with E-state index in [9.17, 15) is 0 Å². The van der Waals surface area contributed by atoms with Gasteiger partial charge in [0.15, 0.2) is 17.5 Å². The molecule has 0 aliphatic heterocycles. The maximum absolute atomic E-state index is 5.27. The van der Waals surface area contributed by atoms with Gasteiger partial charge in [-0.05, 0) is 68.0 Å². The highest BCUT2D eigenvalue weighted by molar-refractivity contribution is 6.20. The number of rotatable bonds is 4. The topological polar surface area (TPSA) is 43.6 Å². The molecule has 0 saturated heterocycles. The summed E-state index contributed by atoms with van der Waals surface area (Å²) in [6, 6.07) is 64.5. The summed E-state index contributed by atoms with van der Waals surface area (Å²) in [6.07, 6.45) is 0. The largest absolute Gasteiger partial charge is 0.309 e. The first-order valence-electron chi connectivity index (χ1n) is 18.0. The highest BCUT2D eigenvalue weighted by Crippen LogP contribution is 2.39. The number of fused-ring (bicyclic) bond motifs is 9. The summed E-state index contributed by atoms with van der Waals surface area (Å²) in [6.45, 7) is 0. The third kappa shape index (κ3) is 4.66. The zero-order valence-corrected chi connectivity index (χ0v) is 28.6. The van der Waals surface area contributed by atoms with Crippen LogP contribution in [0.2, 0.25) is 0 Å². The molecule has 0 saturated carbocycles. The molecule has 11 aromatic rings. The van der Waals surface area contributed by atoms with Crippen molar-refractivity contribution in [1.82, 2.24) is 19.5 Å². The number of aromatic nitrogens is 4. The number of nitrogens with zero attached hydrogens (tertiary/aromatic N) is 4. The Kier molecular flexibility index (Phi) is 6.52. The first-order chi connectivity index (χ1) is 26.3. The maximum atomic E-state index is 5.27. The molecule has 4 heteroatoms. The molecule has 0 fully saturated rings. The lowest BCUT2D eigenvalue weighted by Gasteiger charge is -2.14. The zero-order valence-electron chi connectivity index (χ0n) is 28.6. The number of benzene rings is 9. The van der Waals surface area contributed by atoms with Gasteiger partial charge < -0.3 is 4.57 Å². The average Bonchev–Trinajstić information content (AvgIpc) is 3.57. The molecular formula is C49H30N4. The van der Waals surface area contributed by atoms with E-state index in [2.05, 4.69) is 168 Å². The second kappa shape index (κ2) is 11.7. The van der Waals surface area contributed by atoms with Gasteiger partial charge in [0.05, 0.1) is 16.7 Å². The first kappa shape index (κ1) is 29.5. The molecule has 0 bridgehead atoms. The van der Waals surface area contributed by atoms with Gasteiger partial charge in [-0.1, -0.05) is 152 Å². The van der Waals surface area contributed by atoms with Crippen LogP contribution in [0.1, 0.15) is 0 Å². The van der Waals surface area contributed by atoms with Gasteiger partial charge in [-0.2, -0.15) is 0 Å². The third-order valence-electron chi connectivity index (χ3n) is 10.6. The van der Waals surface area contributed by atoms with E-state index in [-0.39, 0.29) is 0 Å². The lowest BCUT2D eigenvalue weighted by atomic mass is 9.93. The molecule has 0 atom stereocenters. The fourth-order valence-electron chi connectivity index (χ4n) is 8.17. The lowest BCUT2D eigenvalue weighted by Crippen LogP contribution is -2.01. The van der Waals surface area contributed by atoms with Crippen molar-refractivity contribution in [2.45, 2.75) is 0 Å². The Balaban J connectivity index is 1.14. The Morgan fingerprint density at radius 1 is 0.302 bits per heavy atom. The zero-order chi connectivity index (χ0) is 34.9. The second-order valence-corrected chi connectivity index (χ2v) is 13.6. The minimum absolute atomic E-state index is 0.639. The Morgan fingerprint density at radius 2 is 0.868 bits per heavy atom. The van der Waals surface area contributed by atoms with Crippen LogP contribution < -0.4 is 0 Å². The van der Waals surface area contributed by atoms with E-state index >= 15 is 0 Å². The minimum Gasteiger partial charge on any atom is -0.309 e. The molecule has 2 aromatic heterocycles. The lowest BCUT2D eigenvalue weighted by molar-refractivity contribution is 1.08. The fourth-order valence-corrected chi connectivity index (χ4v) is 8.17. The summed E-state index contributed by atoms with van der Waals surface area (Å²) >= 11 is 0. The first-order valence-corrected chi connectivity index (χ1v) is 18.0. The molecular weight excluding hydrogens is 645 g/mol. The molecule has 9 aromatic carbocycles. The van der Waals surface area contributed by atoms with Gasteiger partial charge in [0, 0.05) is 32.8 Å². The van der Waals surface area contributed by atoms with Gasteiger partial charge in [-0.25, -0.2) is 15.0 Å². The molecule has 0 aliphatic rings. The van der Waals surface area contributed by atoms with E-state index in [0.717, 1.165) is 38.5 Å². The van der Waals surface area contributed by atoms with E-state index in [4.69, 9.17) is 15.0 Å². The van der Waals surface area contributed by atoms with Crippen LogP contribution in [0.3, 0.4) is 0 Å². The monoisotopic (exact) mass is 674 g/mol. The van der Waals surface area contributed by atoms with Crippen LogP contribution in [0.4, 0.5) is 0 Å². The molecule has 11 rings (SSSR count). The quantitative estimate of drug-likeness (QED) is 0.175. The number of hydrogen-bond acceptors (Lipinski definition) is 3. The predicted octanol–water partition coefficient (Wildman–Crippen LogP) is 12.6. The highest BCUT2D eigenvalue weighted by Gasteiger charge is 2.18. The van der Waals surface area contributed by atoms with Crippen molar-refractivity contribution in [3.05, 3.63) is 182 Å². The highest BCUT2D eigenvalue weighted by atomic mass is 15.0. The molecule has 0 amide bonds. The van der Waals surface area contributed by atoms with Crippen molar-refractivity contribution in [3.8, 4) is 39.9 Å². The van der Waals surface area contributed by atoms with Crippen LogP contribution in [-0.4, -0.2) is 19.5 Å². The summed E-state index contributed by atoms with van der Waals surface area (Å²) in [4.78, 5) is 15.6. The summed E-state index contributed by atoms with van der Waals surface area (Å²) in [5.41, 5.74) is 6.39. The number of hydrogen-bond donors (Lipinski definition) is 0. The summed E-state index contributed by atoms with van der Waals surface area (Å²) in [7, 11) is 0. The van der Waals surface area contributed by atoms with Crippen molar-refractivity contribution in [3.63, 3.8) is 0 Å². The van der Waals surface area contributed by atoms with Gasteiger partial charge in [-0.3, -0.25) is 0 Å². The molecule has 0 aliphatic carbocycles. The molecule has 53 heavy (non-hydrogen) atoms. The smallest absolute Gasteiger partial charge is 0.164 e. The Bertz CT molecular complexity index is 3180. The van der Waals surface area contributed by atoms with Crippen LogP contribution in [0.15, 0.2) is 182 Å². The summed E-state index contributed by atoms with van der Waals surface area (Å²) in [5.74, 6) is 1.94. The Hall–Kier alpha value is -7.17. The van der Waals surface area contributed by atoms with Crippen molar-refractivity contribution in [2.24, 2.45) is 0 Å². The van der Waals surface area contributed by atoms with Crippen LogP contribution in [-0.2, 0) is 0 Å². The third-order valence-corrected chi connectivity index (χ3v) is 10.6. The van der Waals surface area contributed by atoms with E-state index < -0.39 is 0 Å². The van der Waals surface area contributed by atoms with Crippen LogP contribution in [0, 0.1) is 0 Å².